The van der Waals surface area contributed by atoms with Crippen molar-refractivity contribution in [3.05, 3.63) is 63.6 Å². The summed E-state index contributed by atoms with van der Waals surface area (Å²) in [6.07, 6.45) is 2.64. The van der Waals surface area contributed by atoms with Gasteiger partial charge in [-0.1, -0.05) is 35.3 Å². The molecule has 0 radical (unpaired) electrons. The van der Waals surface area contributed by atoms with Crippen LogP contribution in [-0.4, -0.2) is 4.98 Å². The topological polar surface area (TPSA) is 50.9 Å². The van der Waals surface area contributed by atoms with Crippen molar-refractivity contribution in [2.75, 3.05) is 0 Å². The molecule has 0 saturated heterocycles. The molecular weight excluding hydrogens is 276 g/mol. The first-order valence-electron chi connectivity index (χ1n) is 5.14. The Morgan fingerprint density at radius 3 is 2.72 bits per heavy atom. The van der Waals surface area contributed by atoms with Crippen LogP contribution >= 0.6 is 23.2 Å². The number of benzene rings is 1. The highest BCUT2D eigenvalue weighted by Crippen LogP contribution is 2.32. The fourth-order valence-electron chi connectivity index (χ4n) is 1.70. The van der Waals surface area contributed by atoms with E-state index in [1.165, 1.54) is 12.3 Å². The van der Waals surface area contributed by atoms with Crippen molar-refractivity contribution in [3.8, 4) is 0 Å². The van der Waals surface area contributed by atoms with Crippen molar-refractivity contribution < 1.29 is 4.39 Å². The van der Waals surface area contributed by atoms with Crippen molar-refractivity contribution in [3.63, 3.8) is 0 Å². The van der Waals surface area contributed by atoms with Crippen LogP contribution in [-0.2, 0) is 0 Å². The molecule has 6 heteroatoms. The van der Waals surface area contributed by atoms with Crippen molar-refractivity contribution in [1.29, 1.82) is 0 Å². The summed E-state index contributed by atoms with van der Waals surface area (Å²) in [7, 11) is 0. The number of pyridine rings is 1. The van der Waals surface area contributed by atoms with Gasteiger partial charge in [0.25, 0.3) is 0 Å². The number of halogens is 3. The number of nitrogens with zero attached hydrogens (tertiary/aromatic N) is 1. The highest BCUT2D eigenvalue weighted by Gasteiger charge is 2.17. The molecule has 3 N–H and O–H groups in total. The highest BCUT2D eigenvalue weighted by molar-refractivity contribution is 6.42. The Morgan fingerprint density at radius 2 is 2.06 bits per heavy atom. The van der Waals surface area contributed by atoms with Gasteiger partial charge in [0.2, 0.25) is 0 Å². The van der Waals surface area contributed by atoms with Crippen LogP contribution in [0.15, 0.2) is 36.7 Å². The molecule has 0 fully saturated rings. The number of hydrogen-bond acceptors (Lipinski definition) is 3. The summed E-state index contributed by atoms with van der Waals surface area (Å²) in [5.41, 5.74) is 3.82. The molecule has 0 aliphatic carbocycles. The molecular formula is C12H10Cl2FN3. The third kappa shape index (κ3) is 2.62. The second-order valence-corrected chi connectivity index (χ2v) is 4.46. The van der Waals surface area contributed by atoms with Gasteiger partial charge in [0.1, 0.15) is 5.82 Å². The lowest BCUT2D eigenvalue weighted by Gasteiger charge is -2.18. The van der Waals surface area contributed by atoms with Crippen LogP contribution in [0, 0.1) is 5.82 Å². The van der Waals surface area contributed by atoms with Crippen molar-refractivity contribution in [2.45, 2.75) is 6.04 Å². The van der Waals surface area contributed by atoms with E-state index in [0.29, 0.717) is 21.2 Å². The van der Waals surface area contributed by atoms with Crippen molar-refractivity contribution in [2.24, 2.45) is 5.84 Å². The molecule has 1 heterocycles. The predicted molar refractivity (Wildman–Crippen MR) is 69.8 cm³/mol. The molecule has 2 aromatic rings. The predicted octanol–water partition coefficient (Wildman–Crippen LogP) is 3.08. The van der Waals surface area contributed by atoms with Gasteiger partial charge in [-0.05, 0) is 23.3 Å². The van der Waals surface area contributed by atoms with Gasteiger partial charge < -0.3 is 0 Å². The molecule has 0 aliphatic rings. The van der Waals surface area contributed by atoms with Crippen LogP contribution in [0.3, 0.4) is 0 Å². The van der Waals surface area contributed by atoms with Gasteiger partial charge in [0.15, 0.2) is 0 Å². The Morgan fingerprint density at radius 1 is 1.28 bits per heavy atom. The minimum atomic E-state index is -0.473. The molecule has 2 rings (SSSR count). The summed E-state index contributed by atoms with van der Waals surface area (Å²) in [5.74, 6) is 5.06. The Balaban J connectivity index is 2.49. The van der Waals surface area contributed by atoms with E-state index in [2.05, 4.69) is 10.4 Å². The quantitative estimate of drug-likeness (QED) is 0.673. The maximum atomic E-state index is 13.2. The Kier molecular flexibility index (Phi) is 4.14. The van der Waals surface area contributed by atoms with Gasteiger partial charge in [-0.3, -0.25) is 10.8 Å². The number of nitrogens with two attached hydrogens (primary N) is 1. The van der Waals surface area contributed by atoms with E-state index in [1.54, 1.807) is 18.2 Å². The molecule has 0 aliphatic heterocycles. The van der Waals surface area contributed by atoms with Gasteiger partial charge in [-0.15, -0.1) is 0 Å². The smallest absolute Gasteiger partial charge is 0.141 e. The van der Waals surface area contributed by atoms with E-state index >= 15 is 0 Å². The van der Waals surface area contributed by atoms with Crippen LogP contribution in [0.1, 0.15) is 17.2 Å². The first-order valence-corrected chi connectivity index (χ1v) is 5.89. The molecule has 1 atom stereocenters. The molecule has 3 nitrogen and oxygen atoms in total. The molecule has 18 heavy (non-hydrogen) atoms. The fourth-order valence-corrected chi connectivity index (χ4v) is 2.11. The van der Waals surface area contributed by atoms with Gasteiger partial charge in [-0.25, -0.2) is 9.82 Å². The standard InChI is InChI=1S/C12H10Cl2FN3/c13-10-3-1-2-9(11(10)14)12(18-16)7-4-8(15)6-17-5-7/h1-6,12,18H,16H2. The van der Waals surface area contributed by atoms with E-state index in [1.807, 2.05) is 0 Å². The second kappa shape index (κ2) is 5.63. The van der Waals surface area contributed by atoms with Crippen molar-refractivity contribution >= 4 is 23.2 Å². The summed E-state index contributed by atoms with van der Waals surface area (Å²) >= 11 is 12.1. The van der Waals surface area contributed by atoms with Gasteiger partial charge in [0, 0.05) is 6.20 Å². The zero-order chi connectivity index (χ0) is 13.1. The number of hydrogen-bond donors (Lipinski definition) is 2. The summed E-state index contributed by atoms with van der Waals surface area (Å²) in [5, 5.41) is 0.796. The molecule has 0 bridgehead atoms. The monoisotopic (exact) mass is 285 g/mol. The first-order chi connectivity index (χ1) is 8.63. The average Bonchev–Trinajstić information content (AvgIpc) is 2.35. The Bertz CT molecular complexity index is 563. The Hall–Kier alpha value is -1.20. The molecule has 1 aromatic heterocycles. The minimum absolute atomic E-state index is 0.381. The van der Waals surface area contributed by atoms with Crippen molar-refractivity contribution in [1.82, 2.24) is 10.4 Å². The normalized spacial score (nSPS) is 12.4. The maximum absolute atomic E-state index is 13.2. The van der Waals surface area contributed by atoms with Gasteiger partial charge in [0.05, 0.1) is 22.3 Å². The lowest BCUT2D eigenvalue weighted by atomic mass is 10.0. The van der Waals surface area contributed by atoms with E-state index in [0.717, 1.165) is 6.20 Å². The Labute approximate surface area is 114 Å². The summed E-state index contributed by atoms with van der Waals surface area (Å²) in [6, 6.07) is 6.06. The second-order valence-electron chi connectivity index (χ2n) is 3.68. The summed E-state index contributed by atoms with van der Waals surface area (Å²) in [4.78, 5) is 3.78. The molecule has 0 spiro atoms. The summed E-state index contributed by atoms with van der Waals surface area (Å²) in [6.45, 7) is 0. The van der Waals surface area contributed by atoms with Crippen LogP contribution < -0.4 is 11.3 Å². The number of aromatic nitrogens is 1. The van der Waals surface area contributed by atoms with E-state index in [4.69, 9.17) is 29.0 Å². The highest BCUT2D eigenvalue weighted by atomic mass is 35.5. The fraction of sp³-hybridized carbons (Fsp3) is 0.0833. The zero-order valence-corrected chi connectivity index (χ0v) is 10.7. The largest absolute Gasteiger partial charge is 0.271 e. The van der Waals surface area contributed by atoms with Crippen LogP contribution in [0.4, 0.5) is 4.39 Å². The molecule has 94 valence electrons. The third-order valence-electron chi connectivity index (χ3n) is 2.52. The number of hydrazine groups is 1. The average molecular weight is 286 g/mol. The van der Waals surface area contributed by atoms with E-state index in [-0.39, 0.29) is 0 Å². The third-order valence-corrected chi connectivity index (χ3v) is 3.35. The number of rotatable bonds is 3. The van der Waals surface area contributed by atoms with Crippen LogP contribution in [0.5, 0.6) is 0 Å². The minimum Gasteiger partial charge on any atom is -0.271 e. The van der Waals surface area contributed by atoms with Crippen LogP contribution in [0.25, 0.3) is 0 Å². The van der Waals surface area contributed by atoms with Crippen LogP contribution in [0.2, 0.25) is 10.0 Å². The lowest BCUT2D eigenvalue weighted by Crippen LogP contribution is -2.29. The molecule has 1 aromatic carbocycles. The number of nitrogens with one attached hydrogen (secondary N) is 1. The molecule has 0 amide bonds. The maximum Gasteiger partial charge on any atom is 0.141 e. The van der Waals surface area contributed by atoms with E-state index in [9.17, 15) is 4.39 Å². The van der Waals surface area contributed by atoms with Gasteiger partial charge >= 0.3 is 0 Å². The van der Waals surface area contributed by atoms with E-state index < -0.39 is 11.9 Å². The SMILES string of the molecule is NNC(c1cncc(F)c1)c1cccc(Cl)c1Cl. The lowest BCUT2D eigenvalue weighted by molar-refractivity contribution is 0.598. The summed E-state index contributed by atoms with van der Waals surface area (Å²) < 4.78 is 13.2. The zero-order valence-electron chi connectivity index (χ0n) is 9.20. The molecule has 1 unspecified atom stereocenters. The first kappa shape index (κ1) is 13.2. The molecule has 0 saturated carbocycles. The van der Waals surface area contributed by atoms with Gasteiger partial charge in [-0.2, -0.15) is 0 Å².